The van der Waals surface area contributed by atoms with Gasteiger partial charge in [-0.15, -0.1) is 0 Å². The summed E-state index contributed by atoms with van der Waals surface area (Å²) in [5.74, 6) is -1.33. The lowest BCUT2D eigenvalue weighted by Crippen LogP contribution is -2.44. The molecule has 1 N–H and O–H groups in total. The fourth-order valence-corrected chi connectivity index (χ4v) is 3.74. The van der Waals surface area contributed by atoms with Crippen LogP contribution in [-0.2, 0) is 4.79 Å². The van der Waals surface area contributed by atoms with Gasteiger partial charge in [-0.05, 0) is 33.3 Å². The maximum Gasteiger partial charge on any atom is 0.225 e. The maximum absolute atomic E-state index is 13.8. The van der Waals surface area contributed by atoms with Crippen LogP contribution in [-0.4, -0.2) is 29.5 Å². The van der Waals surface area contributed by atoms with Crippen molar-refractivity contribution in [3.05, 3.63) is 23.8 Å². The highest BCUT2D eigenvalue weighted by Crippen LogP contribution is 2.33. The average Bonchev–Trinajstić information content (AvgIpc) is 3.01. The van der Waals surface area contributed by atoms with Gasteiger partial charge in [0, 0.05) is 24.7 Å². The molecule has 0 saturated carbocycles. The number of carbonyl (C=O) groups excluding carboxylic acids is 1. The van der Waals surface area contributed by atoms with Crippen LogP contribution in [0.1, 0.15) is 27.2 Å². The third kappa shape index (κ3) is 3.44. The Kier molecular flexibility index (Phi) is 4.00. The smallest absolute Gasteiger partial charge is 0.225 e. The van der Waals surface area contributed by atoms with Crippen LogP contribution in [0.15, 0.2) is 12.1 Å². The van der Waals surface area contributed by atoms with E-state index in [1.807, 2.05) is 25.7 Å². The normalized spacial score (nSPS) is 18.7. The summed E-state index contributed by atoms with van der Waals surface area (Å²) in [7, 11) is 0. The SMILES string of the molecule is CC(C)(C)NC(=O)C1CCN(c2nc3c(F)cc(F)cc3s2)C1. The van der Waals surface area contributed by atoms with E-state index < -0.39 is 11.6 Å². The van der Waals surface area contributed by atoms with Crippen molar-refractivity contribution in [2.45, 2.75) is 32.7 Å². The molecule has 3 rings (SSSR count). The van der Waals surface area contributed by atoms with Gasteiger partial charge in [0.2, 0.25) is 5.91 Å². The molecule has 0 aliphatic carbocycles. The predicted octanol–water partition coefficient (Wildman–Crippen LogP) is 3.32. The highest BCUT2D eigenvalue weighted by atomic mass is 32.1. The molecule has 1 unspecified atom stereocenters. The van der Waals surface area contributed by atoms with Gasteiger partial charge in [0.1, 0.15) is 11.3 Å². The first-order valence-electron chi connectivity index (χ1n) is 7.55. The lowest BCUT2D eigenvalue weighted by molar-refractivity contribution is -0.125. The van der Waals surface area contributed by atoms with E-state index in [9.17, 15) is 13.6 Å². The van der Waals surface area contributed by atoms with Gasteiger partial charge in [-0.2, -0.15) is 0 Å². The lowest BCUT2D eigenvalue weighted by Gasteiger charge is -2.23. The third-order valence-electron chi connectivity index (χ3n) is 3.73. The van der Waals surface area contributed by atoms with E-state index in [2.05, 4.69) is 10.3 Å². The quantitative estimate of drug-likeness (QED) is 0.913. The Morgan fingerprint density at radius 2 is 2.13 bits per heavy atom. The van der Waals surface area contributed by atoms with E-state index in [1.54, 1.807) is 0 Å². The molecule has 1 aromatic carbocycles. The van der Waals surface area contributed by atoms with E-state index in [4.69, 9.17) is 0 Å². The number of nitrogens with zero attached hydrogens (tertiary/aromatic N) is 2. The summed E-state index contributed by atoms with van der Waals surface area (Å²) in [5.41, 5.74) is -0.0740. The molecule has 0 radical (unpaired) electrons. The fraction of sp³-hybridized carbons (Fsp3) is 0.500. The number of fused-ring (bicyclic) bond motifs is 1. The molecule has 1 aliphatic rings. The Balaban J connectivity index is 1.77. The molecule has 2 aromatic rings. The molecule has 7 heteroatoms. The molecule has 124 valence electrons. The monoisotopic (exact) mass is 339 g/mol. The summed E-state index contributed by atoms with van der Waals surface area (Å²) in [6, 6.07) is 2.13. The van der Waals surface area contributed by atoms with E-state index in [1.165, 1.54) is 17.4 Å². The van der Waals surface area contributed by atoms with Gasteiger partial charge in [0.05, 0.1) is 10.6 Å². The number of amides is 1. The second-order valence-corrected chi connectivity index (χ2v) is 7.91. The number of anilines is 1. The number of halogens is 2. The van der Waals surface area contributed by atoms with Crippen LogP contribution < -0.4 is 10.2 Å². The van der Waals surface area contributed by atoms with Crippen molar-refractivity contribution >= 4 is 32.6 Å². The van der Waals surface area contributed by atoms with Crippen molar-refractivity contribution in [2.75, 3.05) is 18.0 Å². The Morgan fingerprint density at radius 3 is 2.83 bits per heavy atom. The van der Waals surface area contributed by atoms with Crippen LogP contribution in [0, 0.1) is 17.6 Å². The fourth-order valence-electron chi connectivity index (χ4n) is 2.70. The molecule has 2 heterocycles. The molecule has 0 spiro atoms. The summed E-state index contributed by atoms with van der Waals surface area (Å²) in [6.07, 6.45) is 0.731. The zero-order chi connectivity index (χ0) is 16.8. The van der Waals surface area contributed by atoms with Crippen molar-refractivity contribution in [3.8, 4) is 0 Å². The minimum absolute atomic E-state index is 0.0262. The van der Waals surface area contributed by atoms with Crippen LogP contribution in [0.25, 0.3) is 10.2 Å². The standard InChI is InChI=1S/C16H19F2N3OS/c1-16(2,3)20-14(22)9-4-5-21(8-9)15-19-13-11(18)6-10(17)7-12(13)23-15/h6-7,9H,4-5,8H2,1-3H3,(H,20,22). The van der Waals surface area contributed by atoms with Gasteiger partial charge >= 0.3 is 0 Å². The van der Waals surface area contributed by atoms with Gasteiger partial charge in [0.25, 0.3) is 0 Å². The van der Waals surface area contributed by atoms with Crippen LogP contribution >= 0.6 is 11.3 Å². The largest absolute Gasteiger partial charge is 0.351 e. The molecule has 1 aromatic heterocycles. The third-order valence-corrected chi connectivity index (χ3v) is 4.79. The molecular weight excluding hydrogens is 320 g/mol. The van der Waals surface area contributed by atoms with E-state index in [0.29, 0.717) is 22.9 Å². The molecular formula is C16H19F2N3OS. The first-order valence-corrected chi connectivity index (χ1v) is 8.37. The number of nitrogens with one attached hydrogen (secondary N) is 1. The van der Waals surface area contributed by atoms with E-state index in [-0.39, 0.29) is 22.9 Å². The number of aromatic nitrogens is 1. The Hall–Kier alpha value is -1.76. The van der Waals surface area contributed by atoms with Crippen LogP contribution in [0.5, 0.6) is 0 Å². The number of hydrogen-bond donors (Lipinski definition) is 1. The van der Waals surface area contributed by atoms with Crippen LogP contribution in [0.3, 0.4) is 0 Å². The van der Waals surface area contributed by atoms with Crippen LogP contribution in [0.2, 0.25) is 0 Å². The van der Waals surface area contributed by atoms with Crippen molar-refractivity contribution in [3.63, 3.8) is 0 Å². The number of carbonyl (C=O) groups is 1. The zero-order valence-electron chi connectivity index (χ0n) is 13.3. The second kappa shape index (κ2) is 5.70. The van der Waals surface area contributed by atoms with Crippen molar-refractivity contribution < 1.29 is 13.6 Å². The highest BCUT2D eigenvalue weighted by molar-refractivity contribution is 7.22. The molecule has 1 fully saturated rings. The van der Waals surface area contributed by atoms with Gasteiger partial charge in [-0.1, -0.05) is 11.3 Å². The maximum atomic E-state index is 13.8. The lowest BCUT2D eigenvalue weighted by atomic mass is 10.0. The highest BCUT2D eigenvalue weighted by Gasteiger charge is 2.31. The molecule has 1 atom stereocenters. The van der Waals surface area contributed by atoms with Gasteiger partial charge in [-0.3, -0.25) is 4.79 Å². The first-order chi connectivity index (χ1) is 10.7. The minimum Gasteiger partial charge on any atom is -0.351 e. The Labute approximate surface area is 137 Å². The van der Waals surface area contributed by atoms with Gasteiger partial charge < -0.3 is 10.2 Å². The minimum atomic E-state index is -0.649. The summed E-state index contributed by atoms with van der Waals surface area (Å²) in [6.45, 7) is 7.07. The number of rotatable bonds is 2. The summed E-state index contributed by atoms with van der Waals surface area (Å²) in [4.78, 5) is 18.5. The summed E-state index contributed by atoms with van der Waals surface area (Å²) >= 11 is 1.25. The number of benzene rings is 1. The topological polar surface area (TPSA) is 45.2 Å². The van der Waals surface area contributed by atoms with Crippen molar-refractivity contribution in [1.29, 1.82) is 0 Å². The summed E-state index contributed by atoms with van der Waals surface area (Å²) in [5, 5.41) is 3.62. The van der Waals surface area contributed by atoms with Crippen molar-refractivity contribution in [1.82, 2.24) is 10.3 Å². The summed E-state index contributed by atoms with van der Waals surface area (Å²) < 4.78 is 27.5. The molecule has 1 saturated heterocycles. The van der Waals surface area contributed by atoms with Crippen molar-refractivity contribution in [2.24, 2.45) is 5.92 Å². The average molecular weight is 339 g/mol. The second-order valence-electron chi connectivity index (χ2n) is 6.90. The molecule has 1 aliphatic heterocycles. The van der Waals surface area contributed by atoms with Gasteiger partial charge in [-0.25, -0.2) is 13.8 Å². The Morgan fingerprint density at radius 1 is 1.39 bits per heavy atom. The molecule has 23 heavy (non-hydrogen) atoms. The van der Waals surface area contributed by atoms with Crippen LogP contribution in [0.4, 0.5) is 13.9 Å². The van der Waals surface area contributed by atoms with E-state index in [0.717, 1.165) is 12.5 Å². The molecule has 4 nitrogen and oxygen atoms in total. The predicted molar refractivity (Wildman–Crippen MR) is 87.8 cm³/mol. The van der Waals surface area contributed by atoms with Gasteiger partial charge in [0.15, 0.2) is 10.9 Å². The molecule has 0 bridgehead atoms. The number of thiazole rings is 1. The molecule has 1 amide bonds. The Bertz CT molecular complexity index is 754. The van der Waals surface area contributed by atoms with E-state index >= 15 is 0 Å². The zero-order valence-corrected chi connectivity index (χ0v) is 14.1. The first kappa shape index (κ1) is 16.1. The number of hydrogen-bond acceptors (Lipinski definition) is 4.